The molecule has 0 spiro atoms. The van der Waals surface area contributed by atoms with Crippen LogP contribution >= 0.6 is 11.6 Å². The van der Waals surface area contributed by atoms with Crippen molar-refractivity contribution in [1.29, 1.82) is 0 Å². The Bertz CT molecular complexity index is 708. The summed E-state index contributed by atoms with van der Waals surface area (Å²) in [6.45, 7) is 2.97. The van der Waals surface area contributed by atoms with Gasteiger partial charge in [-0.15, -0.1) is 0 Å². The second-order valence-corrected chi connectivity index (χ2v) is 5.91. The second kappa shape index (κ2) is 4.82. The number of hydrogen-bond acceptors (Lipinski definition) is 4. The Balaban J connectivity index is 2.45. The summed E-state index contributed by atoms with van der Waals surface area (Å²) in [5.74, 6) is -0.446. The highest BCUT2D eigenvalue weighted by molar-refractivity contribution is 7.92. The summed E-state index contributed by atoms with van der Waals surface area (Å²) in [4.78, 5) is -0.0761. The van der Waals surface area contributed by atoms with E-state index in [0.29, 0.717) is 0 Å². The average molecular weight is 305 g/mol. The number of hydrogen-bond donors (Lipinski definition) is 1. The highest BCUT2D eigenvalue weighted by atomic mass is 35.5. The number of sulfonamides is 1. The minimum absolute atomic E-state index is 0.0401. The van der Waals surface area contributed by atoms with Crippen LogP contribution in [0.1, 0.15) is 11.5 Å². The molecule has 1 aromatic heterocycles. The first-order valence-corrected chi connectivity index (χ1v) is 7.08. The molecule has 2 aromatic rings. The lowest BCUT2D eigenvalue weighted by atomic mass is 10.3. The molecular formula is C11H10ClFN2O3S. The summed E-state index contributed by atoms with van der Waals surface area (Å²) < 4.78 is 44.5. The lowest BCUT2D eigenvalue weighted by Gasteiger charge is -2.09. The van der Waals surface area contributed by atoms with Crippen LogP contribution in [0.5, 0.6) is 0 Å². The molecule has 102 valence electrons. The van der Waals surface area contributed by atoms with Gasteiger partial charge < -0.3 is 4.52 Å². The van der Waals surface area contributed by atoms with Gasteiger partial charge in [0.1, 0.15) is 11.5 Å². The molecule has 0 aliphatic heterocycles. The number of aromatic nitrogens is 1. The van der Waals surface area contributed by atoms with Gasteiger partial charge in [0.25, 0.3) is 10.0 Å². The number of rotatable bonds is 3. The van der Waals surface area contributed by atoms with Crippen LogP contribution < -0.4 is 4.72 Å². The van der Waals surface area contributed by atoms with Gasteiger partial charge in [-0.25, -0.2) is 12.8 Å². The Labute approximate surface area is 114 Å². The molecular weight excluding hydrogens is 295 g/mol. The molecule has 0 fully saturated rings. The van der Waals surface area contributed by atoms with Crippen LogP contribution in [-0.2, 0) is 10.0 Å². The maximum atomic E-state index is 13.1. The third-order valence-electron chi connectivity index (χ3n) is 2.41. The molecule has 5 nitrogen and oxygen atoms in total. The van der Waals surface area contributed by atoms with Crippen molar-refractivity contribution in [2.75, 3.05) is 4.72 Å². The molecule has 0 amide bonds. The van der Waals surface area contributed by atoms with Crippen LogP contribution in [0, 0.1) is 19.7 Å². The van der Waals surface area contributed by atoms with E-state index in [1.165, 1.54) is 19.9 Å². The maximum absolute atomic E-state index is 13.1. The van der Waals surface area contributed by atoms with Crippen molar-refractivity contribution in [3.8, 4) is 0 Å². The molecule has 0 saturated carbocycles. The molecule has 0 atom stereocenters. The third-order valence-corrected chi connectivity index (χ3v) is 4.35. The van der Waals surface area contributed by atoms with Crippen molar-refractivity contribution in [3.05, 3.63) is 40.5 Å². The predicted octanol–water partition coefficient (Wildman–Crippen LogP) is 2.88. The minimum atomic E-state index is -3.93. The summed E-state index contributed by atoms with van der Waals surface area (Å²) >= 11 is 5.81. The molecule has 1 aromatic carbocycles. The van der Waals surface area contributed by atoms with E-state index in [4.69, 9.17) is 16.1 Å². The maximum Gasteiger partial charge on any atom is 0.267 e. The smallest absolute Gasteiger partial charge is 0.267 e. The van der Waals surface area contributed by atoms with Crippen molar-refractivity contribution < 1.29 is 17.3 Å². The lowest BCUT2D eigenvalue weighted by molar-refractivity contribution is 0.390. The Hall–Kier alpha value is -1.60. The average Bonchev–Trinajstić information content (AvgIpc) is 2.64. The summed E-state index contributed by atoms with van der Waals surface area (Å²) in [5, 5.41) is 3.66. The fraction of sp³-hybridized carbons (Fsp3) is 0.182. The lowest BCUT2D eigenvalue weighted by Crippen LogP contribution is -2.15. The van der Waals surface area contributed by atoms with Crippen LogP contribution in [0.2, 0.25) is 5.02 Å². The van der Waals surface area contributed by atoms with Crippen LogP contribution in [-0.4, -0.2) is 13.6 Å². The number of benzene rings is 1. The number of aryl methyl sites for hydroxylation is 2. The first kappa shape index (κ1) is 13.8. The molecule has 0 unspecified atom stereocenters. The topological polar surface area (TPSA) is 72.2 Å². The molecule has 0 radical (unpaired) electrons. The van der Waals surface area contributed by atoms with Crippen molar-refractivity contribution >= 4 is 27.3 Å². The third kappa shape index (κ3) is 2.71. The highest BCUT2D eigenvalue weighted by Crippen LogP contribution is 2.27. The van der Waals surface area contributed by atoms with E-state index in [-0.39, 0.29) is 27.1 Å². The van der Waals surface area contributed by atoms with E-state index < -0.39 is 15.8 Å². The SMILES string of the molecule is Cc1noc(C)c1S(=O)(=O)Nc1cc(F)ccc1Cl. The van der Waals surface area contributed by atoms with Crippen molar-refractivity contribution in [2.45, 2.75) is 18.7 Å². The van der Waals surface area contributed by atoms with Crippen LogP contribution in [0.15, 0.2) is 27.6 Å². The number of nitrogens with one attached hydrogen (secondary N) is 1. The Morgan fingerprint density at radius 2 is 2.05 bits per heavy atom. The van der Waals surface area contributed by atoms with Gasteiger partial charge in [-0.1, -0.05) is 16.8 Å². The Morgan fingerprint density at radius 1 is 1.37 bits per heavy atom. The van der Waals surface area contributed by atoms with Crippen molar-refractivity contribution in [1.82, 2.24) is 5.16 Å². The zero-order valence-corrected chi connectivity index (χ0v) is 11.6. The van der Waals surface area contributed by atoms with Crippen molar-refractivity contribution in [3.63, 3.8) is 0 Å². The first-order valence-electron chi connectivity index (χ1n) is 5.22. The first-order chi connectivity index (χ1) is 8.81. The number of nitrogens with zero attached hydrogens (tertiary/aromatic N) is 1. The number of anilines is 1. The standard InChI is InChI=1S/C11H10ClFN2O3S/c1-6-11(7(2)18-14-6)19(16,17)15-10-5-8(13)3-4-9(10)12/h3-5,15H,1-2H3. The minimum Gasteiger partial charge on any atom is -0.360 e. The molecule has 19 heavy (non-hydrogen) atoms. The molecule has 0 bridgehead atoms. The second-order valence-electron chi connectivity index (χ2n) is 3.88. The molecule has 0 saturated heterocycles. The number of halogens is 2. The fourth-order valence-corrected chi connectivity index (χ4v) is 3.25. The zero-order valence-electron chi connectivity index (χ0n) is 10.1. The van der Waals surface area contributed by atoms with Gasteiger partial charge in [-0.2, -0.15) is 0 Å². The van der Waals surface area contributed by atoms with Gasteiger partial charge in [0, 0.05) is 0 Å². The summed E-state index contributed by atoms with van der Waals surface area (Å²) in [7, 11) is -3.93. The van der Waals surface area contributed by atoms with E-state index in [1.807, 2.05) is 0 Å². The normalized spacial score (nSPS) is 11.6. The fourth-order valence-electron chi connectivity index (χ4n) is 1.63. The van der Waals surface area contributed by atoms with E-state index in [0.717, 1.165) is 12.1 Å². The van der Waals surface area contributed by atoms with E-state index >= 15 is 0 Å². The molecule has 1 heterocycles. The van der Waals surface area contributed by atoms with Crippen molar-refractivity contribution in [2.24, 2.45) is 0 Å². The Kier molecular flexibility index (Phi) is 3.51. The van der Waals surface area contributed by atoms with Gasteiger partial charge in [-0.05, 0) is 32.0 Å². The van der Waals surface area contributed by atoms with Gasteiger partial charge in [-0.3, -0.25) is 4.72 Å². The van der Waals surface area contributed by atoms with E-state index in [1.54, 1.807) is 0 Å². The summed E-state index contributed by atoms with van der Waals surface area (Å²) in [5.41, 5.74) is 0.180. The van der Waals surface area contributed by atoms with Gasteiger partial charge in [0.2, 0.25) is 0 Å². The summed E-state index contributed by atoms with van der Waals surface area (Å²) in [6, 6.07) is 3.40. The zero-order chi connectivity index (χ0) is 14.2. The quantitative estimate of drug-likeness (QED) is 0.946. The molecule has 1 N–H and O–H groups in total. The molecule has 0 aliphatic carbocycles. The van der Waals surface area contributed by atoms with Gasteiger partial charge in [0.05, 0.1) is 10.7 Å². The molecule has 2 rings (SSSR count). The monoisotopic (exact) mass is 304 g/mol. The van der Waals surface area contributed by atoms with Gasteiger partial charge in [0.15, 0.2) is 10.7 Å². The Morgan fingerprint density at radius 3 is 2.63 bits per heavy atom. The van der Waals surface area contributed by atoms with Crippen LogP contribution in [0.4, 0.5) is 10.1 Å². The van der Waals surface area contributed by atoms with Gasteiger partial charge >= 0.3 is 0 Å². The molecule has 8 heteroatoms. The summed E-state index contributed by atoms with van der Waals surface area (Å²) in [6.07, 6.45) is 0. The highest BCUT2D eigenvalue weighted by Gasteiger charge is 2.25. The largest absolute Gasteiger partial charge is 0.360 e. The van der Waals surface area contributed by atoms with E-state index in [9.17, 15) is 12.8 Å². The predicted molar refractivity (Wildman–Crippen MR) is 68.2 cm³/mol. The van der Waals surface area contributed by atoms with Crippen LogP contribution in [0.3, 0.4) is 0 Å². The van der Waals surface area contributed by atoms with Crippen LogP contribution in [0.25, 0.3) is 0 Å². The van der Waals surface area contributed by atoms with E-state index in [2.05, 4.69) is 9.88 Å². The molecule has 0 aliphatic rings.